The van der Waals surface area contributed by atoms with Crippen molar-refractivity contribution >= 4 is 0 Å². The Morgan fingerprint density at radius 2 is 2.32 bits per heavy atom. The summed E-state index contributed by atoms with van der Waals surface area (Å²) in [5.41, 5.74) is 1.08. The second-order valence-electron chi connectivity index (χ2n) is 5.51. The summed E-state index contributed by atoms with van der Waals surface area (Å²) in [5.74, 6) is 0.849. The van der Waals surface area contributed by atoms with Crippen molar-refractivity contribution in [2.75, 3.05) is 19.6 Å². The maximum absolute atomic E-state index is 4.39. The molecule has 1 aromatic heterocycles. The highest BCUT2D eigenvalue weighted by molar-refractivity contribution is 5.00. The standard InChI is InChI=1S/C15H26N4/c1-13-6-3-4-10-19(13)11-5-8-16-12-15-7-9-17-14(2)18-15/h7,9,13,16H,3-6,8,10-12H2,1-2H3. The Bertz CT molecular complexity index is 380. The van der Waals surface area contributed by atoms with Crippen molar-refractivity contribution in [3.63, 3.8) is 0 Å². The van der Waals surface area contributed by atoms with Gasteiger partial charge in [-0.2, -0.15) is 0 Å². The Labute approximate surface area is 116 Å². The molecule has 1 aliphatic rings. The molecule has 0 aromatic carbocycles. The molecule has 4 nitrogen and oxygen atoms in total. The van der Waals surface area contributed by atoms with Crippen LogP contribution in [0.15, 0.2) is 12.3 Å². The molecule has 106 valence electrons. The molecule has 1 fully saturated rings. The molecule has 1 atom stereocenters. The number of hydrogen-bond acceptors (Lipinski definition) is 4. The topological polar surface area (TPSA) is 41.1 Å². The molecule has 0 amide bonds. The summed E-state index contributed by atoms with van der Waals surface area (Å²) in [7, 11) is 0. The molecule has 1 N–H and O–H groups in total. The molecule has 0 radical (unpaired) electrons. The van der Waals surface area contributed by atoms with Crippen molar-refractivity contribution in [1.29, 1.82) is 0 Å². The maximum atomic E-state index is 4.39. The minimum Gasteiger partial charge on any atom is -0.311 e. The van der Waals surface area contributed by atoms with Gasteiger partial charge in [-0.25, -0.2) is 9.97 Å². The molecule has 0 spiro atoms. The van der Waals surface area contributed by atoms with Gasteiger partial charge in [-0.05, 0) is 58.8 Å². The second-order valence-corrected chi connectivity index (χ2v) is 5.51. The lowest BCUT2D eigenvalue weighted by atomic mass is 10.0. The molecule has 0 bridgehead atoms. The van der Waals surface area contributed by atoms with Gasteiger partial charge in [0.25, 0.3) is 0 Å². The molecule has 4 heteroatoms. The zero-order valence-corrected chi connectivity index (χ0v) is 12.2. The molecular weight excluding hydrogens is 236 g/mol. The average molecular weight is 262 g/mol. The molecule has 1 unspecified atom stereocenters. The van der Waals surface area contributed by atoms with E-state index in [1.54, 1.807) is 0 Å². The summed E-state index contributed by atoms with van der Waals surface area (Å²) in [5, 5.41) is 3.47. The molecule has 1 saturated heterocycles. The van der Waals surface area contributed by atoms with E-state index in [0.29, 0.717) is 0 Å². The number of hydrogen-bond donors (Lipinski definition) is 1. The van der Waals surface area contributed by atoms with Crippen LogP contribution in [0.2, 0.25) is 0 Å². The first-order chi connectivity index (χ1) is 9.25. The fraction of sp³-hybridized carbons (Fsp3) is 0.733. The third-order valence-corrected chi connectivity index (χ3v) is 3.88. The van der Waals surface area contributed by atoms with Crippen LogP contribution in [-0.2, 0) is 6.54 Å². The van der Waals surface area contributed by atoms with Gasteiger partial charge in [0.05, 0.1) is 5.69 Å². The van der Waals surface area contributed by atoms with Crippen LogP contribution >= 0.6 is 0 Å². The van der Waals surface area contributed by atoms with E-state index in [4.69, 9.17) is 0 Å². The summed E-state index contributed by atoms with van der Waals surface area (Å²) in [4.78, 5) is 11.1. The predicted octanol–water partition coefficient (Wildman–Crippen LogP) is 2.14. The average Bonchev–Trinajstić information content (AvgIpc) is 2.40. The van der Waals surface area contributed by atoms with E-state index in [2.05, 4.69) is 27.1 Å². The molecule has 1 aliphatic heterocycles. The van der Waals surface area contributed by atoms with Gasteiger partial charge in [0.1, 0.15) is 5.82 Å². The number of aryl methyl sites for hydroxylation is 1. The molecule has 1 aromatic rings. The lowest BCUT2D eigenvalue weighted by Crippen LogP contribution is -2.38. The van der Waals surface area contributed by atoms with Crippen molar-refractivity contribution in [1.82, 2.24) is 20.2 Å². The Morgan fingerprint density at radius 3 is 3.11 bits per heavy atom. The SMILES string of the molecule is Cc1nccc(CNCCCN2CCCCC2C)n1. The minimum atomic E-state index is 0.776. The highest BCUT2D eigenvalue weighted by Gasteiger charge is 2.16. The van der Waals surface area contributed by atoms with E-state index < -0.39 is 0 Å². The summed E-state index contributed by atoms with van der Waals surface area (Å²) in [6.07, 6.45) is 7.19. The van der Waals surface area contributed by atoms with E-state index in [9.17, 15) is 0 Å². The smallest absolute Gasteiger partial charge is 0.125 e. The monoisotopic (exact) mass is 262 g/mol. The van der Waals surface area contributed by atoms with Crippen molar-refractivity contribution in [3.05, 3.63) is 23.8 Å². The molecule has 0 aliphatic carbocycles. The molecule has 2 rings (SSSR count). The lowest BCUT2D eigenvalue weighted by molar-refractivity contribution is 0.159. The van der Waals surface area contributed by atoms with Gasteiger partial charge in [-0.15, -0.1) is 0 Å². The van der Waals surface area contributed by atoms with Gasteiger partial charge in [-0.1, -0.05) is 6.42 Å². The van der Waals surface area contributed by atoms with Gasteiger partial charge in [0.15, 0.2) is 0 Å². The van der Waals surface area contributed by atoms with E-state index in [-0.39, 0.29) is 0 Å². The first-order valence-electron chi connectivity index (χ1n) is 7.49. The van der Waals surface area contributed by atoms with Crippen molar-refractivity contribution < 1.29 is 0 Å². The van der Waals surface area contributed by atoms with Crippen LogP contribution in [0.3, 0.4) is 0 Å². The van der Waals surface area contributed by atoms with Gasteiger partial charge in [0, 0.05) is 18.8 Å². The predicted molar refractivity (Wildman–Crippen MR) is 78.0 cm³/mol. The van der Waals surface area contributed by atoms with Gasteiger partial charge >= 0.3 is 0 Å². The summed E-state index contributed by atoms with van der Waals surface area (Å²) in [6, 6.07) is 2.76. The fourth-order valence-corrected chi connectivity index (χ4v) is 2.72. The fourth-order valence-electron chi connectivity index (χ4n) is 2.72. The number of likely N-dealkylation sites (tertiary alicyclic amines) is 1. The zero-order chi connectivity index (χ0) is 13.5. The van der Waals surface area contributed by atoms with Crippen LogP contribution in [0.5, 0.6) is 0 Å². The highest BCUT2D eigenvalue weighted by atomic mass is 15.2. The Hall–Kier alpha value is -1.00. The second kappa shape index (κ2) is 7.56. The molecule has 19 heavy (non-hydrogen) atoms. The van der Waals surface area contributed by atoms with Gasteiger partial charge in [-0.3, -0.25) is 0 Å². The minimum absolute atomic E-state index is 0.776. The third kappa shape index (κ3) is 4.88. The zero-order valence-electron chi connectivity index (χ0n) is 12.2. The number of rotatable bonds is 6. The van der Waals surface area contributed by atoms with E-state index >= 15 is 0 Å². The quantitative estimate of drug-likeness (QED) is 0.798. The van der Waals surface area contributed by atoms with Crippen molar-refractivity contribution in [2.24, 2.45) is 0 Å². The van der Waals surface area contributed by atoms with Crippen LogP contribution in [0.25, 0.3) is 0 Å². The number of nitrogens with zero attached hydrogens (tertiary/aromatic N) is 3. The van der Waals surface area contributed by atoms with Gasteiger partial charge in [0.2, 0.25) is 0 Å². The van der Waals surface area contributed by atoms with E-state index in [1.807, 2.05) is 19.2 Å². The van der Waals surface area contributed by atoms with Crippen LogP contribution < -0.4 is 5.32 Å². The lowest BCUT2D eigenvalue weighted by Gasteiger charge is -2.33. The van der Waals surface area contributed by atoms with Crippen LogP contribution in [0.1, 0.15) is 44.1 Å². The summed E-state index contributed by atoms with van der Waals surface area (Å²) >= 11 is 0. The molecule has 2 heterocycles. The van der Waals surface area contributed by atoms with Crippen LogP contribution in [0, 0.1) is 6.92 Å². The number of nitrogens with one attached hydrogen (secondary N) is 1. The summed E-state index contributed by atoms with van der Waals surface area (Å²) < 4.78 is 0. The van der Waals surface area contributed by atoms with E-state index in [1.165, 1.54) is 38.8 Å². The van der Waals surface area contributed by atoms with Crippen molar-refractivity contribution in [2.45, 2.75) is 52.1 Å². The molecule has 0 saturated carbocycles. The molecular formula is C15H26N4. The Balaban J connectivity index is 1.59. The Kier molecular flexibility index (Phi) is 5.73. The van der Waals surface area contributed by atoms with E-state index in [0.717, 1.165) is 30.6 Å². The van der Waals surface area contributed by atoms with Crippen molar-refractivity contribution in [3.8, 4) is 0 Å². The van der Waals surface area contributed by atoms with Crippen LogP contribution in [-0.4, -0.2) is 40.5 Å². The largest absolute Gasteiger partial charge is 0.311 e. The highest BCUT2D eigenvalue weighted by Crippen LogP contribution is 2.15. The third-order valence-electron chi connectivity index (χ3n) is 3.88. The number of aromatic nitrogens is 2. The first-order valence-corrected chi connectivity index (χ1v) is 7.49. The maximum Gasteiger partial charge on any atom is 0.125 e. The van der Waals surface area contributed by atoms with Crippen LogP contribution in [0.4, 0.5) is 0 Å². The Morgan fingerprint density at radius 1 is 1.42 bits per heavy atom. The normalized spacial score (nSPS) is 20.6. The van der Waals surface area contributed by atoms with Gasteiger partial charge < -0.3 is 10.2 Å². The first kappa shape index (κ1) is 14.4. The summed E-state index contributed by atoms with van der Waals surface area (Å²) in [6.45, 7) is 8.70. The number of piperidine rings is 1.